The number of piperazine rings is 1. The highest BCUT2D eigenvalue weighted by Gasteiger charge is 2.23. The van der Waals surface area contributed by atoms with Crippen molar-refractivity contribution in [2.24, 2.45) is 0 Å². The summed E-state index contributed by atoms with van der Waals surface area (Å²) in [6.07, 6.45) is 1.92. The highest BCUT2D eigenvalue weighted by atomic mass is 32.1. The van der Waals surface area contributed by atoms with E-state index in [0.717, 1.165) is 48.9 Å². The molecule has 4 aromatic rings. The van der Waals surface area contributed by atoms with Gasteiger partial charge in [0.05, 0.1) is 16.8 Å². The molecule has 1 amide bonds. The first-order chi connectivity index (χ1) is 15.3. The van der Waals surface area contributed by atoms with Gasteiger partial charge in [-0.05, 0) is 28.1 Å². The Kier molecular flexibility index (Phi) is 5.65. The number of carbonyl (C=O) groups excluding carboxylic acids is 1. The summed E-state index contributed by atoms with van der Waals surface area (Å²) in [7, 11) is 0. The molecule has 0 atom stereocenters. The number of hydrogen-bond donors (Lipinski definition) is 1. The Hall–Kier alpha value is -3.22. The van der Waals surface area contributed by atoms with Crippen LogP contribution in [0.25, 0.3) is 22.4 Å². The monoisotopic (exact) mass is 428 g/mol. The van der Waals surface area contributed by atoms with Gasteiger partial charge in [-0.25, -0.2) is 0 Å². The molecule has 6 heteroatoms. The largest absolute Gasteiger partial charge is 0.335 e. The van der Waals surface area contributed by atoms with Crippen molar-refractivity contribution in [3.8, 4) is 22.4 Å². The molecule has 1 fully saturated rings. The van der Waals surface area contributed by atoms with Crippen LogP contribution in [0.5, 0.6) is 0 Å². The Balaban J connectivity index is 1.24. The molecule has 0 spiro atoms. The van der Waals surface area contributed by atoms with E-state index in [1.165, 1.54) is 28.0 Å². The van der Waals surface area contributed by atoms with Crippen LogP contribution in [0.4, 0.5) is 0 Å². The lowest BCUT2D eigenvalue weighted by Crippen LogP contribution is -2.48. The highest BCUT2D eigenvalue weighted by molar-refractivity contribution is 7.12. The van der Waals surface area contributed by atoms with Gasteiger partial charge in [-0.15, -0.1) is 11.3 Å². The fraction of sp³-hybridized carbons (Fsp3) is 0.200. The number of nitrogens with zero attached hydrogens (tertiary/aromatic N) is 3. The maximum Gasteiger partial charge on any atom is 0.264 e. The molecule has 1 N–H and O–H groups in total. The maximum absolute atomic E-state index is 12.6. The number of amides is 1. The molecule has 0 unspecified atom stereocenters. The van der Waals surface area contributed by atoms with Crippen molar-refractivity contribution in [1.82, 2.24) is 20.0 Å². The molecular weight excluding hydrogens is 404 g/mol. The van der Waals surface area contributed by atoms with Crippen molar-refractivity contribution in [1.29, 1.82) is 0 Å². The maximum atomic E-state index is 12.6. The molecule has 3 heterocycles. The topological polar surface area (TPSA) is 52.2 Å². The van der Waals surface area contributed by atoms with Crippen molar-refractivity contribution < 1.29 is 4.79 Å². The predicted octanol–water partition coefficient (Wildman–Crippen LogP) is 4.76. The molecule has 31 heavy (non-hydrogen) atoms. The molecule has 5 nitrogen and oxygen atoms in total. The SMILES string of the molecule is O=C(c1cccs1)N1CCN(Cc2cn[nH]c2-c2ccc(-c3ccccc3)cc2)CC1. The minimum absolute atomic E-state index is 0.150. The third-order valence-electron chi connectivity index (χ3n) is 5.78. The van der Waals surface area contributed by atoms with Crippen LogP contribution < -0.4 is 0 Å². The Bertz CT molecular complexity index is 1130. The first-order valence-corrected chi connectivity index (χ1v) is 11.4. The molecule has 0 saturated carbocycles. The Labute approximate surface area is 186 Å². The van der Waals surface area contributed by atoms with Crippen molar-refractivity contribution in [2.45, 2.75) is 6.54 Å². The van der Waals surface area contributed by atoms with Gasteiger partial charge in [-0.3, -0.25) is 14.8 Å². The number of aromatic amines is 1. The van der Waals surface area contributed by atoms with Gasteiger partial charge < -0.3 is 4.90 Å². The van der Waals surface area contributed by atoms with E-state index in [0.29, 0.717) is 0 Å². The zero-order valence-electron chi connectivity index (χ0n) is 17.2. The molecule has 1 aliphatic rings. The van der Waals surface area contributed by atoms with E-state index in [4.69, 9.17) is 0 Å². The summed E-state index contributed by atoms with van der Waals surface area (Å²) in [6.45, 7) is 4.09. The van der Waals surface area contributed by atoms with Crippen molar-refractivity contribution in [3.05, 3.63) is 88.7 Å². The molecule has 0 aliphatic carbocycles. The third kappa shape index (κ3) is 4.31. The van der Waals surface area contributed by atoms with Gasteiger partial charge in [0.25, 0.3) is 5.91 Å². The van der Waals surface area contributed by atoms with Gasteiger partial charge in [0.15, 0.2) is 0 Å². The minimum atomic E-state index is 0.150. The van der Waals surface area contributed by atoms with Gasteiger partial charge in [-0.2, -0.15) is 5.10 Å². The molecule has 5 rings (SSSR count). The number of carbonyl (C=O) groups is 1. The third-order valence-corrected chi connectivity index (χ3v) is 6.64. The zero-order valence-corrected chi connectivity index (χ0v) is 18.0. The number of hydrogen-bond acceptors (Lipinski definition) is 4. The fourth-order valence-electron chi connectivity index (χ4n) is 4.05. The first-order valence-electron chi connectivity index (χ1n) is 10.5. The number of H-pyrrole nitrogens is 1. The van der Waals surface area contributed by atoms with Gasteiger partial charge in [0, 0.05) is 38.3 Å². The zero-order chi connectivity index (χ0) is 21.0. The summed E-state index contributed by atoms with van der Waals surface area (Å²) in [5.41, 5.74) is 5.81. The van der Waals surface area contributed by atoms with E-state index in [2.05, 4.69) is 63.6 Å². The van der Waals surface area contributed by atoms with E-state index in [1.807, 2.05) is 34.7 Å². The molecule has 0 radical (unpaired) electrons. The molecule has 156 valence electrons. The van der Waals surface area contributed by atoms with Crippen LogP contribution in [0, 0.1) is 0 Å². The van der Waals surface area contributed by atoms with Gasteiger partial charge >= 0.3 is 0 Å². The normalized spacial score (nSPS) is 14.6. The Morgan fingerprint density at radius 2 is 1.58 bits per heavy atom. The summed E-state index contributed by atoms with van der Waals surface area (Å²) < 4.78 is 0. The van der Waals surface area contributed by atoms with Crippen LogP contribution in [-0.4, -0.2) is 52.1 Å². The quantitative estimate of drug-likeness (QED) is 0.498. The lowest BCUT2D eigenvalue weighted by molar-refractivity contribution is 0.0633. The average molecular weight is 429 g/mol. The van der Waals surface area contributed by atoms with Crippen LogP contribution in [-0.2, 0) is 6.54 Å². The first kappa shape index (κ1) is 19.7. The number of thiophene rings is 1. The number of nitrogens with one attached hydrogen (secondary N) is 1. The van der Waals surface area contributed by atoms with Crippen molar-refractivity contribution in [2.75, 3.05) is 26.2 Å². The average Bonchev–Trinajstić information content (AvgIpc) is 3.53. The van der Waals surface area contributed by atoms with Crippen LogP contribution in [0.3, 0.4) is 0 Å². The summed E-state index contributed by atoms with van der Waals surface area (Å²) in [4.78, 5) is 17.7. The van der Waals surface area contributed by atoms with Gasteiger partial charge in [0.2, 0.25) is 0 Å². The van der Waals surface area contributed by atoms with E-state index in [9.17, 15) is 4.79 Å². The second kappa shape index (κ2) is 8.88. The molecule has 2 aromatic carbocycles. The highest BCUT2D eigenvalue weighted by Crippen LogP contribution is 2.26. The van der Waals surface area contributed by atoms with E-state index in [-0.39, 0.29) is 5.91 Å². The summed E-state index contributed by atoms with van der Waals surface area (Å²) in [5.74, 6) is 0.150. The van der Waals surface area contributed by atoms with E-state index < -0.39 is 0 Å². The molecule has 1 aliphatic heterocycles. The van der Waals surface area contributed by atoms with E-state index in [1.54, 1.807) is 0 Å². The van der Waals surface area contributed by atoms with E-state index >= 15 is 0 Å². The minimum Gasteiger partial charge on any atom is -0.335 e. The smallest absolute Gasteiger partial charge is 0.264 e. The molecule has 0 bridgehead atoms. The van der Waals surface area contributed by atoms with Crippen LogP contribution in [0.15, 0.2) is 78.3 Å². The molecular formula is C25H24N4OS. The second-order valence-electron chi connectivity index (χ2n) is 7.76. The van der Waals surface area contributed by atoms with Crippen molar-refractivity contribution in [3.63, 3.8) is 0 Å². The van der Waals surface area contributed by atoms with Gasteiger partial charge in [-0.1, -0.05) is 60.7 Å². The number of benzene rings is 2. The lowest BCUT2D eigenvalue weighted by atomic mass is 10.0. The van der Waals surface area contributed by atoms with Crippen LogP contribution in [0.2, 0.25) is 0 Å². The molecule has 2 aromatic heterocycles. The van der Waals surface area contributed by atoms with Crippen molar-refractivity contribution >= 4 is 17.2 Å². The summed E-state index contributed by atoms with van der Waals surface area (Å²) >= 11 is 1.51. The molecule has 1 saturated heterocycles. The second-order valence-corrected chi connectivity index (χ2v) is 8.71. The number of aromatic nitrogens is 2. The Morgan fingerprint density at radius 1 is 0.871 bits per heavy atom. The summed E-state index contributed by atoms with van der Waals surface area (Å²) in [6, 6.07) is 22.9. The van der Waals surface area contributed by atoms with Crippen LogP contribution >= 0.6 is 11.3 Å². The predicted molar refractivity (Wildman–Crippen MR) is 125 cm³/mol. The van der Waals surface area contributed by atoms with Gasteiger partial charge in [0.1, 0.15) is 0 Å². The van der Waals surface area contributed by atoms with Crippen LogP contribution in [0.1, 0.15) is 15.2 Å². The number of rotatable bonds is 5. The standard InChI is InChI=1S/C25H24N4OS/c30-25(23-7-4-16-31-23)29-14-12-28(13-15-29)18-22-17-26-27-24(22)21-10-8-20(9-11-21)19-5-2-1-3-6-19/h1-11,16-17H,12-15,18H2,(H,26,27). The summed E-state index contributed by atoms with van der Waals surface area (Å²) in [5, 5.41) is 9.44. The fourth-order valence-corrected chi connectivity index (χ4v) is 4.74. The Morgan fingerprint density at radius 3 is 2.29 bits per heavy atom. The lowest BCUT2D eigenvalue weighted by Gasteiger charge is -2.34.